The van der Waals surface area contributed by atoms with Crippen LogP contribution in [0.25, 0.3) is 0 Å². The standard InChI is InChI=1S/C12H13BrN2O2/c1-2-14-7-8-15(12(17)11(14)16)10-5-3-9(13)4-6-10/h3-6H,2,7-8H2,1H3. The van der Waals surface area contributed by atoms with Crippen LogP contribution in [0.4, 0.5) is 5.69 Å². The molecule has 0 N–H and O–H groups in total. The summed E-state index contributed by atoms with van der Waals surface area (Å²) in [5.41, 5.74) is 0.766. The summed E-state index contributed by atoms with van der Waals surface area (Å²) in [6.07, 6.45) is 0. The summed E-state index contributed by atoms with van der Waals surface area (Å²) in [6, 6.07) is 7.38. The quantitative estimate of drug-likeness (QED) is 0.779. The number of rotatable bonds is 2. The Kier molecular flexibility index (Phi) is 3.47. The first-order chi connectivity index (χ1) is 8.13. The van der Waals surface area contributed by atoms with E-state index in [-0.39, 0.29) is 0 Å². The molecule has 1 fully saturated rings. The number of benzene rings is 1. The highest BCUT2D eigenvalue weighted by molar-refractivity contribution is 9.10. The van der Waals surface area contributed by atoms with E-state index in [0.717, 1.165) is 10.2 Å². The van der Waals surface area contributed by atoms with Gasteiger partial charge < -0.3 is 9.80 Å². The van der Waals surface area contributed by atoms with Crippen molar-refractivity contribution in [1.82, 2.24) is 4.90 Å². The molecule has 1 aromatic carbocycles. The second kappa shape index (κ2) is 4.87. The highest BCUT2D eigenvalue weighted by atomic mass is 79.9. The lowest BCUT2D eigenvalue weighted by Crippen LogP contribution is -2.54. The zero-order valence-corrected chi connectivity index (χ0v) is 11.1. The Morgan fingerprint density at radius 1 is 1.12 bits per heavy atom. The van der Waals surface area contributed by atoms with Crippen molar-refractivity contribution in [3.8, 4) is 0 Å². The largest absolute Gasteiger partial charge is 0.333 e. The van der Waals surface area contributed by atoms with Gasteiger partial charge in [-0.1, -0.05) is 15.9 Å². The molecule has 1 aliphatic heterocycles. The zero-order valence-electron chi connectivity index (χ0n) is 9.52. The lowest BCUT2D eigenvalue weighted by Gasteiger charge is -2.33. The van der Waals surface area contributed by atoms with Gasteiger partial charge in [-0.3, -0.25) is 9.59 Å². The monoisotopic (exact) mass is 296 g/mol. The van der Waals surface area contributed by atoms with Gasteiger partial charge in [-0.05, 0) is 31.2 Å². The molecule has 0 unspecified atom stereocenters. The third-order valence-corrected chi connectivity index (χ3v) is 3.36. The third-order valence-electron chi connectivity index (χ3n) is 2.83. The van der Waals surface area contributed by atoms with Crippen molar-refractivity contribution in [2.24, 2.45) is 0 Å². The molecular weight excluding hydrogens is 284 g/mol. The summed E-state index contributed by atoms with van der Waals surface area (Å²) in [5, 5.41) is 0. The molecule has 0 aromatic heterocycles. The molecule has 1 aromatic rings. The van der Waals surface area contributed by atoms with Gasteiger partial charge in [-0.15, -0.1) is 0 Å². The van der Waals surface area contributed by atoms with Gasteiger partial charge in [0.2, 0.25) is 0 Å². The summed E-state index contributed by atoms with van der Waals surface area (Å²) < 4.78 is 0.951. The van der Waals surface area contributed by atoms with Crippen LogP contribution in [0.5, 0.6) is 0 Å². The molecule has 2 rings (SSSR count). The van der Waals surface area contributed by atoms with Crippen LogP contribution >= 0.6 is 15.9 Å². The van der Waals surface area contributed by atoms with Gasteiger partial charge in [0.25, 0.3) is 0 Å². The summed E-state index contributed by atoms with van der Waals surface area (Å²) >= 11 is 3.34. The van der Waals surface area contributed by atoms with Crippen LogP contribution in [0.1, 0.15) is 6.92 Å². The maximum Gasteiger partial charge on any atom is 0.316 e. The van der Waals surface area contributed by atoms with Gasteiger partial charge in [0.1, 0.15) is 0 Å². The van der Waals surface area contributed by atoms with Crippen molar-refractivity contribution in [3.63, 3.8) is 0 Å². The van der Waals surface area contributed by atoms with Gasteiger partial charge in [-0.25, -0.2) is 0 Å². The second-order valence-electron chi connectivity index (χ2n) is 3.82. The Bertz CT molecular complexity index is 444. The van der Waals surface area contributed by atoms with Crippen LogP contribution in [0.15, 0.2) is 28.7 Å². The first kappa shape index (κ1) is 12.1. The number of hydrogen-bond acceptors (Lipinski definition) is 2. The SMILES string of the molecule is CCN1CCN(c2ccc(Br)cc2)C(=O)C1=O. The van der Waals surface area contributed by atoms with E-state index in [1.54, 1.807) is 4.90 Å². The van der Waals surface area contributed by atoms with Crippen LogP contribution < -0.4 is 4.90 Å². The topological polar surface area (TPSA) is 40.6 Å². The molecule has 2 amide bonds. The molecule has 5 heteroatoms. The smallest absolute Gasteiger partial charge is 0.316 e. The van der Waals surface area contributed by atoms with Gasteiger partial charge in [0.05, 0.1) is 0 Å². The number of likely N-dealkylation sites (N-methyl/N-ethyl adjacent to an activating group) is 1. The Balaban J connectivity index is 2.21. The van der Waals surface area contributed by atoms with Crippen LogP contribution in [-0.2, 0) is 9.59 Å². The number of carbonyl (C=O) groups excluding carboxylic acids is 2. The number of piperazine rings is 1. The fourth-order valence-electron chi connectivity index (χ4n) is 1.84. The molecule has 1 heterocycles. The molecular formula is C12H13BrN2O2. The van der Waals surface area contributed by atoms with Crippen molar-refractivity contribution in [3.05, 3.63) is 28.7 Å². The molecule has 4 nitrogen and oxygen atoms in total. The van der Waals surface area contributed by atoms with Gasteiger partial charge >= 0.3 is 11.8 Å². The molecule has 0 radical (unpaired) electrons. The number of carbonyl (C=O) groups is 2. The minimum atomic E-state index is -0.444. The maximum atomic E-state index is 11.9. The van der Waals surface area contributed by atoms with Crippen LogP contribution in [0, 0.1) is 0 Å². The average Bonchev–Trinajstić information content (AvgIpc) is 2.34. The summed E-state index contributed by atoms with van der Waals surface area (Å²) in [4.78, 5) is 26.7. The van der Waals surface area contributed by atoms with Crippen molar-refractivity contribution >= 4 is 33.4 Å². The number of anilines is 1. The molecule has 0 saturated carbocycles. The predicted octanol–water partition coefficient (Wildman–Crippen LogP) is 1.64. The van der Waals surface area contributed by atoms with Crippen LogP contribution in [0.3, 0.4) is 0 Å². The summed E-state index contributed by atoms with van der Waals surface area (Å²) in [5.74, 6) is -0.859. The van der Waals surface area contributed by atoms with E-state index in [1.807, 2.05) is 31.2 Å². The Labute approximate surface area is 108 Å². The fraction of sp³-hybridized carbons (Fsp3) is 0.333. The average molecular weight is 297 g/mol. The number of amides is 2. The second-order valence-corrected chi connectivity index (χ2v) is 4.73. The molecule has 1 saturated heterocycles. The Morgan fingerprint density at radius 2 is 1.76 bits per heavy atom. The fourth-order valence-corrected chi connectivity index (χ4v) is 2.11. The van der Waals surface area contributed by atoms with E-state index < -0.39 is 11.8 Å². The van der Waals surface area contributed by atoms with Gasteiger partial charge in [0, 0.05) is 29.8 Å². The maximum absolute atomic E-state index is 11.9. The molecule has 0 spiro atoms. The van der Waals surface area contributed by atoms with E-state index in [1.165, 1.54) is 4.90 Å². The zero-order chi connectivity index (χ0) is 12.4. The molecule has 1 aliphatic rings. The number of hydrogen-bond donors (Lipinski definition) is 0. The van der Waals surface area contributed by atoms with Crippen LogP contribution in [-0.4, -0.2) is 36.3 Å². The third kappa shape index (κ3) is 2.34. The molecule has 90 valence electrons. The van der Waals surface area contributed by atoms with E-state index in [0.29, 0.717) is 19.6 Å². The Morgan fingerprint density at radius 3 is 2.35 bits per heavy atom. The van der Waals surface area contributed by atoms with E-state index in [2.05, 4.69) is 15.9 Å². The van der Waals surface area contributed by atoms with Gasteiger partial charge in [-0.2, -0.15) is 0 Å². The number of halogens is 1. The minimum Gasteiger partial charge on any atom is -0.333 e. The Hall–Kier alpha value is -1.36. The predicted molar refractivity (Wildman–Crippen MR) is 68.7 cm³/mol. The van der Waals surface area contributed by atoms with Crippen molar-refractivity contribution in [2.75, 3.05) is 24.5 Å². The lowest BCUT2D eigenvalue weighted by atomic mass is 10.2. The normalized spacial score (nSPS) is 16.6. The molecule has 0 aliphatic carbocycles. The molecule has 0 atom stereocenters. The van der Waals surface area contributed by atoms with Crippen molar-refractivity contribution in [2.45, 2.75) is 6.92 Å². The molecule has 17 heavy (non-hydrogen) atoms. The van der Waals surface area contributed by atoms with Gasteiger partial charge in [0.15, 0.2) is 0 Å². The van der Waals surface area contributed by atoms with E-state index in [4.69, 9.17) is 0 Å². The number of nitrogens with zero attached hydrogens (tertiary/aromatic N) is 2. The van der Waals surface area contributed by atoms with E-state index in [9.17, 15) is 9.59 Å². The lowest BCUT2D eigenvalue weighted by molar-refractivity contribution is -0.146. The van der Waals surface area contributed by atoms with Crippen LogP contribution in [0.2, 0.25) is 0 Å². The molecule has 0 bridgehead atoms. The van der Waals surface area contributed by atoms with E-state index >= 15 is 0 Å². The van der Waals surface area contributed by atoms with Crippen molar-refractivity contribution in [1.29, 1.82) is 0 Å². The van der Waals surface area contributed by atoms with Crippen molar-refractivity contribution < 1.29 is 9.59 Å². The minimum absolute atomic E-state index is 0.415. The highest BCUT2D eigenvalue weighted by Crippen LogP contribution is 2.20. The summed E-state index contributed by atoms with van der Waals surface area (Å²) in [7, 11) is 0. The first-order valence-electron chi connectivity index (χ1n) is 5.50. The highest BCUT2D eigenvalue weighted by Gasteiger charge is 2.32. The summed E-state index contributed by atoms with van der Waals surface area (Å²) in [6.45, 7) is 3.61. The first-order valence-corrected chi connectivity index (χ1v) is 6.29.